The number of nitrogens with zero attached hydrogens (tertiary/aromatic N) is 1. The summed E-state index contributed by atoms with van der Waals surface area (Å²) in [7, 11) is 1.18. The lowest BCUT2D eigenvalue weighted by Gasteiger charge is -2.34. The lowest BCUT2D eigenvalue weighted by atomic mass is 9.67. The van der Waals surface area contributed by atoms with Crippen LogP contribution in [0.2, 0.25) is 0 Å². The third-order valence-electron chi connectivity index (χ3n) is 3.22. The summed E-state index contributed by atoms with van der Waals surface area (Å²) in [5.74, 6) is -2.21. The summed E-state index contributed by atoms with van der Waals surface area (Å²) in [4.78, 5) is 22.9. The quantitative estimate of drug-likeness (QED) is 0.705. The number of hydrogen-bond donors (Lipinski definition) is 1. The van der Waals surface area contributed by atoms with Crippen molar-refractivity contribution in [3.05, 3.63) is 0 Å². The van der Waals surface area contributed by atoms with E-state index in [1.165, 1.54) is 7.11 Å². The van der Waals surface area contributed by atoms with Crippen molar-refractivity contribution in [2.45, 2.75) is 40.0 Å². The van der Waals surface area contributed by atoms with Crippen molar-refractivity contribution >= 4 is 11.9 Å². The number of ether oxygens (including phenoxy) is 1. The van der Waals surface area contributed by atoms with Crippen LogP contribution in [0.25, 0.3) is 0 Å². The fraction of sp³-hybridized carbons (Fsp3) is 0.769. The lowest BCUT2D eigenvalue weighted by molar-refractivity contribution is -0.159. The number of methoxy groups -OCH3 is 1. The molecule has 0 rings (SSSR count). The van der Waals surface area contributed by atoms with E-state index in [9.17, 15) is 14.9 Å². The van der Waals surface area contributed by atoms with Gasteiger partial charge in [-0.25, -0.2) is 0 Å². The van der Waals surface area contributed by atoms with Crippen molar-refractivity contribution in [2.24, 2.45) is 17.3 Å². The molecule has 0 aromatic heterocycles. The Morgan fingerprint density at radius 1 is 1.44 bits per heavy atom. The molecule has 5 heteroatoms. The van der Waals surface area contributed by atoms with Gasteiger partial charge in [0.15, 0.2) is 5.41 Å². The highest BCUT2D eigenvalue weighted by atomic mass is 16.5. The first-order chi connectivity index (χ1) is 8.35. The average Bonchev–Trinajstić information content (AvgIpc) is 2.31. The number of nitriles is 1. The van der Waals surface area contributed by atoms with Gasteiger partial charge in [0, 0.05) is 0 Å². The maximum absolute atomic E-state index is 11.9. The molecule has 2 unspecified atom stereocenters. The summed E-state index contributed by atoms with van der Waals surface area (Å²) in [6.45, 7) is 5.71. The number of carboxylic acid groups (broad SMARTS) is 1. The van der Waals surface area contributed by atoms with Crippen molar-refractivity contribution < 1.29 is 19.4 Å². The second-order valence-corrected chi connectivity index (χ2v) is 4.78. The van der Waals surface area contributed by atoms with E-state index in [1.54, 1.807) is 0 Å². The van der Waals surface area contributed by atoms with Crippen LogP contribution < -0.4 is 0 Å². The summed E-state index contributed by atoms with van der Waals surface area (Å²) in [5.41, 5.74) is -1.59. The van der Waals surface area contributed by atoms with Gasteiger partial charge in [-0.05, 0) is 18.3 Å². The molecule has 0 aliphatic rings. The van der Waals surface area contributed by atoms with Crippen LogP contribution in [-0.4, -0.2) is 24.2 Å². The smallest absolute Gasteiger partial charge is 0.327 e. The molecule has 0 amide bonds. The third-order valence-corrected chi connectivity index (χ3v) is 3.22. The fourth-order valence-corrected chi connectivity index (χ4v) is 2.40. The van der Waals surface area contributed by atoms with E-state index in [0.717, 1.165) is 6.42 Å². The third kappa shape index (κ3) is 3.46. The van der Waals surface area contributed by atoms with Crippen molar-refractivity contribution in [3.63, 3.8) is 0 Å². The van der Waals surface area contributed by atoms with Gasteiger partial charge < -0.3 is 9.84 Å². The molecule has 0 saturated heterocycles. The molecule has 0 aliphatic heterocycles. The van der Waals surface area contributed by atoms with Gasteiger partial charge in [0.05, 0.1) is 19.6 Å². The van der Waals surface area contributed by atoms with Crippen molar-refractivity contribution in [3.8, 4) is 6.07 Å². The van der Waals surface area contributed by atoms with Gasteiger partial charge in [0.1, 0.15) is 0 Å². The predicted molar refractivity (Wildman–Crippen MR) is 65.6 cm³/mol. The standard InChI is InChI=1S/C13H21NO4/c1-5-6-10(9(2)3)13(8-14,7-11(15)16)12(17)18-4/h9-10H,5-7H2,1-4H3,(H,15,16). The zero-order chi connectivity index (χ0) is 14.3. The number of carboxylic acids is 1. The molecule has 2 atom stereocenters. The first-order valence-electron chi connectivity index (χ1n) is 6.07. The average molecular weight is 255 g/mol. The molecule has 102 valence electrons. The van der Waals surface area contributed by atoms with Gasteiger partial charge in [0.2, 0.25) is 0 Å². The normalized spacial score (nSPS) is 15.6. The first kappa shape index (κ1) is 16.4. The monoisotopic (exact) mass is 255 g/mol. The van der Waals surface area contributed by atoms with Gasteiger partial charge in [0.25, 0.3) is 0 Å². The van der Waals surface area contributed by atoms with Crippen LogP contribution in [0.1, 0.15) is 40.0 Å². The minimum absolute atomic E-state index is 0.0306. The van der Waals surface area contributed by atoms with Crippen LogP contribution in [0.4, 0.5) is 0 Å². The van der Waals surface area contributed by atoms with Crippen LogP contribution in [0.3, 0.4) is 0 Å². The topological polar surface area (TPSA) is 87.4 Å². The summed E-state index contributed by atoms with van der Waals surface area (Å²) in [5, 5.41) is 18.3. The lowest BCUT2D eigenvalue weighted by Crippen LogP contribution is -2.42. The second kappa shape index (κ2) is 7.00. The molecule has 1 N–H and O–H groups in total. The number of rotatable bonds is 7. The molecule has 18 heavy (non-hydrogen) atoms. The van der Waals surface area contributed by atoms with E-state index >= 15 is 0 Å². The molecular weight excluding hydrogens is 234 g/mol. The number of esters is 1. The Morgan fingerprint density at radius 3 is 2.28 bits per heavy atom. The van der Waals surface area contributed by atoms with E-state index in [-0.39, 0.29) is 11.8 Å². The molecule has 0 heterocycles. The van der Waals surface area contributed by atoms with Gasteiger partial charge >= 0.3 is 11.9 Å². The van der Waals surface area contributed by atoms with Gasteiger partial charge in [-0.1, -0.05) is 27.2 Å². The number of carbonyl (C=O) groups excluding carboxylic acids is 1. The van der Waals surface area contributed by atoms with E-state index in [2.05, 4.69) is 4.74 Å². The molecule has 0 aliphatic carbocycles. The van der Waals surface area contributed by atoms with E-state index in [1.807, 2.05) is 26.8 Å². The minimum Gasteiger partial charge on any atom is -0.481 e. The number of hydrogen-bond acceptors (Lipinski definition) is 4. The van der Waals surface area contributed by atoms with Gasteiger partial charge in [-0.3, -0.25) is 9.59 Å². The number of aliphatic carboxylic acids is 1. The van der Waals surface area contributed by atoms with Crippen LogP contribution in [0.5, 0.6) is 0 Å². The molecule has 0 spiro atoms. The Hall–Kier alpha value is -1.57. The Labute approximate surface area is 108 Å². The summed E-state index contributed by atoms with van der Waals surface area (Å²) in [6, 6.07) is 1.91. The SMILES string of the molecule is CCCC(C(C)C)C(C#N)(CC(=O)O)C(=O)OC. The maximum atomic E-state index is 11.9. The molecule has 0 saturated carbocycles. The van der Waals surface area contributed by atoms with Crippen LogP contribution in [0, 0.1) is 28.6 Å². The van der Waals surface area contributed by atoms with Crippen LogP contribution >= 0.6 is 0 Å². The molecule has 0 bridgehead atoms. The highest BCUT2D eigenvalue weighted by Gasteiger charge is 2.49. The van der Waals surface area contributed by atoms with Gasteiger partial charge in [-0.2, -0.15) is 5.26 Å². The second-order valence-electron chi connectivity index (χ2n) is 4.78. The summed E-state index contributed by atoms with van der Waals surface area (Å²) >= 11 is 0. The summed E-state index contributed by atoms with van der Waals surface area (Å²) < 4.78 is 4.66. The van der Waals surface area contributed by atoms with Crippen molar-refractivity contribution in [1.29, 1.82) is 5.26 Å². The van der Waals surface area contributed by atoms with Crippen LogP contribution in [-0.2, 0) is 14.3 Å². The molecule has 0 aromatic carbocycles. The Bertz CT molecular complexity index is 345. The Kier molecular flexibility index (Phi) is 6.39. The highest BCUT2D eigenvalue weighted by Crippen LogP contribution is 2.40. The molecular formula is C13H21NO4. The molecule has 0 fully saturated rings. The van der Waals surface area contributed by atoms with E-state index in [4.69, 9.17) is 5.11 Å². The Morgan fingerprint density at radius 2 is 2.00 bits per heavy atom. The zero-order valence-electron chi connectivity index (χ0n) is 11.4. The fourth-order valence-electron chi connectivity index (χ4n) is 2.40. The van der Waals surface area contributed by atoms with Crippen molar-refractivity contribution in [2.75, 3.05) is 7.11 Å². The van der Waals surface area contributed by atoms with E-state index in [0.29, 0.717) is 6.42 Å². The predicted octanol–water partition coefficient (Wildman–Crippen LogP) is 2.22. The molecule has 5 nitrogen and oxygen atoms in total. The maximum Gasteiger partial charge on any atom is 0.327 e. The largest absolute Gasteiger partial charge is 0.481 e. The zero-order valence-corrected chi connectivity index (χ0v) is 11.4. The van der Waals surface area contributed by atoms with Crippen molar-refractivity contribution in [1.82, 2.24) is 0 Å². The molecule has 0 aromatic rings. The molecule has 0 radical (unpaired) electrons. The van der Waals surface area contributed by atoms with Crippen LogP contribution in [0.15, 0.2) is 0 Å². The number of carbonyl (C=O) groups is 2. The highest BCUT2D eigenvalue weighted by molar-refractivity contribution is 5.85. The van der Waals surface area contributed by atoms with Gasteiger partial charge in [-0.15, -0.1) is 0 Å². The Balaban J connectivity index is 5.59. The summed E-state index contributed by atoms with van der Waals surface area (Å²) in [6.07, 6.45) is 0.884. The first-order valence-corrected chi connectivity index (χ1v) is 6.07. The van der Waals surface area contributed by atoms with E-state index < -0.39 is 23.8 Å². The minimum atomic E-state index is -1.59.